The third-order valence-electron chi connectivity index (χ3n) is 2.50. The molecule has 1 rings (SSSR count). The maximum Gasteiger partial charge on any atom is 0.227 e. The number of hydrogen-bond donors (Lipinski definition) is 2. The molecular weight excluding hydrogens is 259 g/mol. The molecule has 0 saturated carbocycles. The zero-order valence-electron chi connectivity index (χ0n) is 9.67. The van der Waals surface area contributed by atoms with Crippen LogP contribution in [-0.2, 0) is 4.79 Å². The van der Waals surface area contributed by atoms with Gasteiger partial charge in [0.1, 0.15) is 0 Å². The van der Waals surface area contributed by atoms with E-state index in [2.05, 4.69) is 5.32 Å². The molecule has 1 amide bonds. The van der Waals surface area contributed by atoms with Crippen LogP contribution < -0.4 is 11.1 Å². The molecule has 0 aliphatic carbocycles. The van der Waals surface area contributed by atoms with E-state index in [9.17, 15) is 4.79 Å². The highest BCUT2D eigenvalue weighted by Gasteiger charge is 2.15. The third kappa shape index (κ3) is 4.19. The molecular formula is C12H16Cl2N2O. The summed E-state index contributed by atoms with van der Waals surface area (Å²) < 4.78 is 0. The largest absolute Gasteiger partial charge is 0.330 e. The van der Waals surface area contributed by atoms with E-state index in [4.69, 9.17) is 28.9 Å². The molecule has 0 aromatic heterocycles. The van der Waals surface area contributed by atoms with E-state index < -0.39 is 0 Å². The van der Waals surface area contributed by atoms with E-state index >= 15 is 0 Å². The van der Waals surface area contributed by atoms with Crippen LogP contribution in [-0.4, -0.2) is 12.5 Å². The minimum atomic E-state index is -0.106. The standard InChI is InChI=1S/C12H16Cl2N2O/c1-8(4-3-7-15)12(17)16-11-9(13)5-2-6-10(11)14/h2,5-6,8H,3-4,7,15H2,1H3,(H,16,17). The molecule has 1 aromatic rings. The molecule has 1 atom stereocenters. The number of nitrogens with one attached hydrogen (secondary N) is 1. The lowest BCUT2D eigenvalue weighted by Crippen LogP contribution is -2.21. The number of carbonyl (C=O) groups excluding carboxylic acids is 1. The Labute approximate surface area is 111 Å². The first-order chi connectivity index (χ1) is 8.06. The highest BCUT2D eigenvalue weighted by molar-refractivity contribution is 6.39. The number of rotatable bonds is 5. The summed E-state index contributed by atoms with van der Waals surface area (Å²) in [7, 11) is 0. The average molecular weight is 275 g/mol. The van der Waals surface area contributed by atoms with E-state index in [1.165, 1.54) is 0 Å². The molecule has 3 nitrogen and oxygen atoms in total. The molecule has 17 heavy (non-hydrogen) atoms. The molecule has 0 aliphatic rings. The van der Waals surface area contributed by atoms with Crippen molar-refractivity contribution in [3.05, 3.63) is 28.2 Å². The SMILES string of the molecule is CC(CCCN)C(=O)Nc1c(Cl)cccc1Cl. The lowest BCUT2D eigenvalue weighted by atomic mass is 10.0. The van der Waals surface area contributed by atoms with Crippen LogP contribution in [0.3, 0.4) is 0 Å². The second-order valence-corrected chi connectivity index (χ2v) is 4.73. The van der Waals surface area contributed by atoms with Crippen LogP contribution >= 0.6 is 23.2 Å². The smallest absolute Gasteiger partial charge is 0.227 e. The van der Waals surface area contributed by atoms with Gasteiger partial charge in [-0.3, -0.25) is 4.79 Å². The molecule has 0 bridgehead atoms. The van der Waals surface area contributed by atoms with Gasteiger partial charge in [0.2, 0.25) is 5.91 Å². The minimum Gasteiger partial charge on any atom is -0.330 e. The first-order valence-electron chi connectivity index (χ1n) is 5.51. The molecule has 5 heteroatoms. The zero-order valence-corrected chi connectivity index (χ0v) is 11.2. The van der Waals surface area contributed by atoms with Crippen molar-refractivity contribution in [2.45, 2.75) is 19.8 Å². The molecule has 0 heterocycles. The van der Waals surface area contributed by atoms with Crippen LogP contribution in [0.1, 0.15) is 19.8 Å². The average Bonchev–Trinajstić information content (AvgIpc) is 2.30. The van der Waals surface area contributed by atoms with Gasteiger partial charge in [-0.15, -0.1) is 0 Å². The van der Waals surface area contributed by atoms with E-state index in [1.807, 2.05) is 6.92 Å². The van der Waals surface area contributed by atoms with Crippen LogP contribution in [0, 0.1) is 5.92 Å². The molecule has 0 aliphatic heterocycles. The van der Waals surface area contributed by atoms with Crippen molar-refractivity contribution >= 4 is 34.8 Å². The number of nitrogens with two attached hydrogens (primary N) is 1. The van der Waals surface area contributed by atoms with Gasteiger partial charge in [0.25, 0.3) is 0 Å². The maximum atomic E-state index is 11.9. The topological polar surface area (TPSA) is 55.1 Å². The van der Waals surface area contributed by atoms with Crippen LogP contribution in [0.5, 0.6) is 0 Å². The number of para-hydroxylation sites is 1. The molecule has 94 valence electrons. The van der Waals surface area contributed by atoms with Gasteiger partial charge < -0.3 is 11.1 Å². The Kier molecular flexibility index (Phi) is 5.75. The molecule has 1 unspecified atom stereocenters. The lowest BCUT2D eigenvalue weighted by molar-refractivity contribution is -0.119. The maximum absolute atomic E-state index is 11.9. The normalized spacial score (nSPS) is 12.2. The second kappa shape index (κ2) is 6.84. The van der Waals surface area contributed by atoms with Gasteiger partial charge >= 0.3 is 0 Å². The quantitative estimate of drug-likeness (QED) is 0.866. The summed E-state index contributed by atoms with van der Waals surface area (Å²) in [5.41, 5.74) is 5.88. The summed E-state index contributed by atoms with van der Waals surface area (Å²) in [5.74, 6) is -0.195. The van der Waals surface area contributed by atoms with Gasteiger partial charge in [0.15, 0.2) is 0 Å². The molecule has 3 N–H and O–H groups in total. The summed E-state index contributed by atoms with van der Waals surface area (Å²) in [6.07, 6.45) is 1.58. The molecule has 0 spiro atoms. The van der Waals surface area contributed by atoms with Gasteiger partial charge in [-0.25, -0.2) is 0 Å². The number of amides is 1. The monoisotopic (exact) mass is 274 g/mol. The summed E-state index contributed by atoms with van der Waals surface area (Å²) in [6, 6.07) is 5.11. The van der Waals surface area contributed by atoms with E-state index in [0.29, 0.717) is 22.3 Å². The zero-order chi connectivity index (χ0) is 12.8. The van der Waals surface area contributed by atoms with Crippen molar-refractivity contribution in [1.29, 1.82) is 0 Å². The van der Waals surface area contributed by atoms with Crippen molar-refractivity contribution in [3.8, 4) is 0 Å². The highest BCUT2D eigenvalue weighted by atomic mass is 35.5. The Morgan fingerprint density at radius 2 is 2.00 bits per heavy atom. The molecule has 0 fully saturated rings. The van der Waals surface area contributed by atoms with Gasteiger partial charge in [0.05, 0.1) is 15.7 Å². The fourth-order valence-electron chi connectivity index (χ4n) is 1.42. The molecule has 0 radical (unpaired) electrons. The Morgan fingerprint density at radius 3 is 2.53 bits per heavy atom. The number of anilines is 1. The molecule has 0 saturated heterocycles. The van der Waals surface area contributed by atoms with Gasteiger partial charge in [0, 0.05) is 5.92 Å². The van der Waals surface area contributed by atoms with Crippen molar-refractivity contribution in [2.75, 3.05) is 11.9 Å². The predicted molar refractivity (Wildman–Crippen MR) is 72.5 cm³/mol. The summed E-state index contributed by atoms with van der Waals surface area (Å²) >= 11 is 11.9. The van der Waals surface area contributed by atoms with Crippen molar-refractivity contribution < 1.29 is 4.79 Å². The summed E-state index contributed by atoms with van der Waals surface area (Å²) in [4.78, 5) is 11.9. The van der Waals surface area contributed by atoms with Crippen LogP contribution in [0.25, 0.3) is 0 Å². The van der Waals surface area contributed by atoms with Crippen LogP contribution in [0.2, 0.25) is 10.0 Å². The number of benzene rings is 1. The van der Waals surface area contributed by atoms with Gasteiger partial charge in [-0.2, -0.15) is 0 Å². The van der Waals surface area contributed by atoms with Gasteiger partial charge in [-0.05, 0) is 31.5 Å². The fraction of sp³-hybridized carbons (Fsp3) is 0.417. The Hall–Kier alpha value is -0.770. The lowest BCUT2D eigenvalue weighted by Gasteiger charge is -2.13. The number of carbonyl (C=O) groups is 1. The Bertz CT molecular complexity index is 376. The summed E-state index contributed by atoms with van der Waals surface area (Å²) in [6.45, 7) is 2.44. The van der Waals surface area contributed by atoms with E-state index in [1.54, 1.807) is 18.2 Å². The molecule has 1 aromatic carbocycles. The summed E-state index contributed by atoms with van der Waals surface area (Å²) in [5, 5.41) is 3.63. The van der Waals surface area contributed by atoms with Gasteiger partial charge in [-0.1, -0.05) is 36.2 Å². The van der Waals surface area contributed by atoms with E-state index in [-0.39, 0.29) is 11.8 Å². The number of halogens is 2. The van der Waals surface area contributed by atoms with Crippen LogP contribution in [0.4, 0.5) is 5.69 Å². The van der Waals surface area contributed by atoms with Crippen LogP contribution in [0.15, 0.2) is 18.2 Å². The minimum absolute atomic E-state index is 0.0894. The van der Waals surface area contributed by atoms with Crippen molar-refractivity contribution in [1.82, 2.24) is 0 Å². The fourth-order valence-corrected chi connectivity index (χ4v) is 1.91. The Balaban J connectivity index is 2.68. The Morgan fingerprint density at radius 1 is 1.41 bits per heavy atom. The highest BCUT2D eigenvalue weighted by Crippen LogP contribution is 2.30. The first-order valence-corrected chi connectivity index (χ1v) is 6.26. The first kappa shape index (κ1) is 14.3. The van der Waals surface area contributed by atoms with E-state index in [0.717, 1.165) is 12.8 Å². The number of hydrogen-bond acceptors (Lipinski definition) is 2. The predicted octanol–water partition coefficient (Wildman–Crippen LogP) is 3.31. The van der Waals surface area contributed by atoms with Crippen molar-refractivity contribution in [3.63, 3.8) is 0 Å². The second-order valence-electron chi connectivity index (χ2n) is 3.92. The third-order valence-corrected chi connectivity index (χ3v) is 3.13. The van der Waals surface area contributed by atoms with Crippen molar-refractivity contribution in [2.24, 2.45) is 11.7 Å².